The monoisotopic (exact) mass is 342 g/mol. The highest BCUT2D eigenvalue weighted by Gasteiger charge is 2.14. The number of rotatable bonds is 3. The van der Waals surface area contributed by atoms with Crippen LogP contribution in [0.3, 0.4) is 0 Å². The minimum absolute atomic E-state index is 0.144. The Morgan fingerprint density at radius 2 is 2.00 bits per heavy atom. The number of anilines is 1. The highest BCUT2D eigenvalue weighted by Crippen LogP contribution is 2.22. The molecule has 0 unspecified atom stereocenters. The summed E-state index contributed by atoms with van der Waals surface area (Å²) in [5.41, 5.74) is 6.07. The van der Waals surface area contributed by atoms with Gasteiger partial charge in [0.25, 0.3) is 5.91 Å². The van der Waals surface area contributed by atoms with Crippen molar-refractivity contribution in [2.24, 2.45) is 5.73 Å². The third kappa shape index (κ3) is 2.97. The van der Waals surface area contributed by atoms with Crippen molar-refractivity contribution in [2.45, 2.75) is 0 Å². The zero-order valence-electron chi connectivity index (χ0n) is 9.44. The van der Waals surface area contributed by atoms with Crippen LogP contribution in [0.15, 0.2) is 39.6 Å². The third-order valence-electron chi connectivity index (χ3n) is 2.35. The number of hydrogen-bond acceptors (Lipinski definition) is 3. The van der Waals surface area contributed by atoms with Gasteiger partial charge in [0.2, 0.25) is 5.91 Å². The lowest BCUT2D eigenvalue weighted by Crippen LogP contribution is -2.14. The Bertz CT molecular complexity index is 654. The molecular weight excluding hydrogens is 336 g/mol. The Labute approximate surface area is 121 Å². The second-order valence-electron chi connectivity index (χ2n) is 3.62. The smallest absolute Gasteiger partial charge is 0.260 e. The summed E-state index contributed by atoms with van der Waals surface area (Å²) in [6, 6.07) is 5.99. The molecule has 1 aromatic carbocycles. The van der Waals surface area contributed by atoms with Gasteiger partial charge in [0.05, 0.1) is 22.4 Å². The lowest BCUT2D eigenvalue weighted by molar-refractivity contribution is 0.0996. The number of primary amides is 1. The highest BCUT2D eigenvalue weighted by atomic mass is 79.9. The molecule has 1 heterocycles. The average Bonchev–Trinajstić information content (AvgIpc) is 2.77. The maximum Gasteiger partial charge on any atom is 0.260 e. The molecule has 98 valence electrons. The van der Waals surface area contributed by atoms with Gasteiger partial charge in [0.1, 0.15) is 0 Å². The first-order valence-corrected chi connectivity index (χ1v) is 6.30. The summed E-state index contributed by atoms with van der Waals surface area (Å²) in [6.45, 7) is 0. The second-order valence-corrected chi connectivity index (χ2v) is 4.75. The van der Waals surface area contributed by atoms with Crippen LogP contribution in [-0.2, 0) is 0 Å². The minimum atomic E-state index is -0.661. The van der Waals surface area contributed by atoms with Crippen molar-refractivity contribution in [1.82, 2.24) is 0 Å². The number of hydrogen-bond donors (Lipinski definition) is 2. The summed E-state index contributed by atoms with van der Waals surface area (Å²) in [6.07, 6.45) is 1.38. The van der Waals surface area contributed by atoms with Crippen molar-refractivity contribution in [1.29, 1.82) is 0 Å². The summed E-state index contributed by atoms with van der Waals surface area (Å²) in [7, 11) is 0. The van der Waals surface area contributed by atoms with Crippen molar-refractivity contribution in [3.05, 3.63) is 51.3 Å². The van der Waals surface area contributed by atoms with E-state index in [9.17, 15) is 9.59 Å². The van der Waals surface area contributed by atoms with Gasteiger partial charge in [-0.25, -0.2) is 0 Å². The standard InChI is InChI=1S/C12H8BrClN2O3/c13-10-7(3-4-19-10)12(18)16-6-1-2-9(14)8(5-6)11(15)17/h1-5H,(H2,15,17)(H,16,18). The van der Waals surface area contributed by atoms with Gasteiger partial charge < -0.3 is 15.5 Å². The van der Waals surface area contributed by atoms with Gasteiger partial charge in [-0.2, -0.15) is 0 Å². The van der Waals surface area contributed by atoms with Crippen LogP contribution >= 0.6 is 27.5 Å². The fourth-order valence-corrected chi connectivity index (χ4v) is 2.08. The Kier molecular flexibility index (Phi) is 3.92. The predicted octanol–water partition coefficient (Wildman–Crippen LogP) is 3.05. The first kappa shape index (κ1) is 13.6. The van der Waals surface area contributed by atoms with Crippen LogP contribution in [0, 0.1) is 0 Å². The molecule has 5 nitrogen and oxygen atoms in total. The van der Waals surface area contributed by atoms with Crippen molar-refractivity contribution >= 4 is 45.0 Å². The van der Waals surface area contributed by atoms with Gasteiger partial charge in [0.15, 0.2) is 4.67 Å². The molecular formula is C12H8BrClN2O3. The number of halogens is 2. The Morgan fingerprint density at radius 1 is 1.26 bits per heavy atom. The maximum atomic E-state index is 11.9. The third-order valence-corrected chi connectivity index (χ3v) is 3.30. The Balaban J connectivity index is 2.25. The van der Waals surface area contributed by atoms with Gasteiger partial charge in [0, 0.05) is 5.69 Å². The van der Waals surface area contributed by atoms with E-state index in [1.54, 1.807) is 6.07 Å². The summed E-state index contributed by atoms with van der Waals surface area (Å²) in [5, 5.41) is 2.84. The van der Waals surface area contributed by atoms with Crippen molar-refractivity contribution in [3.8, 4) is 0 Å². The molecule has 2 amide bonds. The number of carbonyl (C=O) groups is 2. The number of furan rings is 1. The number of nitrogens with two attached hydrogens (primary N) is 1. The van der Waals surface area contributed by atoms with Crippen LogP contribution in [-0.4, -0.2) is 11.8 Å². The summed E-state index contributed by atoms with van der Waals surface area (Å²) in [4.78, 5) is 23.1. The van der Waals surface area contributed by atoms with Gasteiger partial charge >= 0.3 is 0 Å². The van der Waals surface area contributed by atoms with E-state index in [1.165, 1.54) is 24.5 Å². The van der Waals surface area contributed by atoms with E-state index in [-0.39, 0.29) is 16.5 Å². The second kappa shape index (κ2) is 5.46. The molecule has 0 saturated heterocycles. The van der Waals surface area contributed by atoms with Crippen LogP contribution < -0.4 is 11.1 Å². The van der Waals surface area contributed by atoms with Crippen LogP contribution in [0.25, 0.3) is 0 Å². The number of nitrogens with one attached hydrogen (secondary N) is 1. The zero-order valence-corrected chi connectivity index (χ0v) is 11.8. The molecule has 0 spiro atoms. The molecule has 0 atom stereocenters. The van der Waals surface area contributed by atoms with Crippen molar-refractivity contribution < 1.29 is 14.0 Å². The van der Waals surface area contributed by atoms with Crippen LogP contribution in [0.5, 0.6) is 0 Å². The van der Waals surface area contributed by atoms with E-state index in [2.05, 4.69) is 21.2 Å². The van der Waals surface area contributed by atoms with Gasteiger partial charge in [-0.1, -0.05) is 11.6 Å². The van der Waals surface area contributed by atoms with Crippen molar-refractivity contribution in [2.75, 3.05) is 5.32 Å². The SMILES string of the molecule is NC(=O)c1cc(NC(=O)c2ccoc2Br)ccc1Cl. The molecule has 0 aliphatic carbocycles. The maximum absolute atomic E-state index is 11.9. The first-order chi connectivity index (χ1) is 8.99. The molecule has 19 heavy (non-hydrogen) atoms. The molecule has 2 rings (SSSR count). The van der Waals surface area contributed by atoms with Crippen LogP contribution in [0.4, 0.5) is 5.69 Å². The average molecular weight is 344 g/mol. The first-order valence-electron chi connectivity index (χ1n) is 5.12. The quantitative estimate of drug-likeness (QED) is 0.898. The Morgan fingerprint density at radius 3 is 2.58 bits per heavy atom. The highest BCUT2D eigenvalue weighted by molar-refractivity contribution is 9.10. The van der Waals surface area contributed by atoms with Crippen LogP contribution in [0.2, 0.25) is 5.02 Å². The lowest BCUT2D eigenvalue weighted by Gasteiger charge is -2.06. The molecule has 2 aromatic rings. The summed E-state index contributed by atoms with van der Waals surface area (Å²) in [5.74, 6) is -1.04. The van der Waals surface area contributed by atoms with E-state index < -0.39 is 5.91 Å². The van der Waals surface area contributed by atoms with Gasteiger partial charge in [-0.15, -0.1) is 0 Å². The predicted molar refractivity (Wildman–Crippen MR) is 74.3 cm³/mol. The molecule has 1 aromatic heterocycles. The molecule has 3 N–H and O–H groups in total. The summed E-state index contributed by atoms with van der Waals surface area (Å²) >= 11 is 8.92. The molecule has 0 saturated carbocycles. The van der Waals surface area contributed by atoms with Gasteiger partial charge in [-0.3, -0.25) is 9.59 Å². The lowest BCUT2D eigenvalue weighted by atomic mass is 10.2. The fourth-order valence-electron chi connectivity index (χ4n) is 1.45. The van der Waals surface area contributed by atoms with E-state index in [4.69, 9.17) is 21.8 Å². The topological polar surface area (TPSA) is 85.3 Å². The normalized spacial score (nSPS) is 10.2. The molecule has 0 bridgehead atoms. The van der Waals surface area contributed by atoms with Gasteiger partial charge in [-0.05, 0) is 40.2 Å². The molecule has 0 radical (unpaired) electrons. The number of benzene rings is 1. The molecule has 7 heteroatoms. The fraction of sp³-hybridized carbons (Fsp3) is 0. The Hall–Kier alpha value is -1.79. The van der Waals surface area contributed by atoms with Crippen LogP contribution in [0.1, 0.15) is 20.7 Å². The molecule has 0 aliphatic heterocycles. The number of carbonyl (C=O) groups excluding carboxylic acids is 2. The van der Waals surface area contributed by atoms with Crippen molar-refractivity contribution in [3.63, 3.8) is 0 Å². The van der Waals surface area contributed by atoms with E-state index in [0.717, 1.165) is 0 Å². The largest absolute Gasteiger partial charge is 0.457 e. The summed E-state index contributed by atoms with van der Waals surface area (Å²) < 4.78 is 5.29. The van der Waals surface area contributed by atoms with E-state index in [1.807, 2.05) is 0 Å². The molecule has 0 aliphatic rings. The number of amides is 2. The van der Waals surface area contributed by atoms with E-state index >= 15 is 0 Å². The van der Waals surface area contributed by atoms with E-state index in [0.29, 0.717) is 15.9 Å². The molecule has 0 fully saturated rings. The zero-order chi connectivity index (χ0) is 14.0. The minimum Gasteiger partial charge on any atom is -0.457 e.